The Morgan fingerprint density at radius 1 is 1.36 bits per heavy atom. The van der Waals surface area contributed by atoms with Gasteiger partial charge in [-0.3, -0.25) is 0 Å². The Labute approximate surface area is 82.9 Å². The van der Waals surface area contributed by atoms with E-state index in [0.29, 0.717) is 6.42 Å². The van der Waals surface area contributed by atoms with Crippen LogP contribution in [0.1, 0.15) is 16.8 Å². The molecule has 0 spiro atoms. The number of carbonyl (C=O) groups excluding carboxylic acids is 1. The maximum absolute atomic E-state index is 10.5. The summed E-state index contributed by atoms with van der Waals surface area (Å²) in [6.45, 7) is 4.08. The molecule has 2 heteroatoms. The fraction of sp³-hybridized carbons (Fsp3) is 0.250. The van der Waals surface area contributed by atoms with Gasteiger partial charge in [0.25, 0.3) is 0 Å². The quantitative estimate of drug-likeness (QED) is 0.720. The van der Waals surface area contributed by atoms with Gasteiger partial charge in [-0.05, 0) is 25.0 Å². The average molecular weight is 187 g/mol. The van der Waals surface area contributed by atoms with Gasteiger partial charge in [0.05, 0.1) is 0 Å². The van der Waals surface area contributed by atoms with Gasteiger partial charge in [-0.1, -0.05) is 18.2 Å². The Kier molecular flexibility index (Phi) is 2.12. The zero-order chi connectivity index (χ0) is 10.1. The molecule has 0 saturated carbocycles. The first-order valence-corrected chi connectivity index (χ1v) is 4.74. The van der Waals surface area contributed by atoms with Crippen LogP contribution in [-0.2, 0) is 11.2 Å². The lowest BCUT2D eigenvalue weighted by Gasteiger charge is -1.96. The zero-order valence-electron chi connectivity index (χ0n) is 8.42. The number of nitrogens with one attached hydrogen (secondary N) is 1. The van der Waals surface area contributed by atoms with Crippen molar-refractivity contribution in [2.75, 3.05) is 0 Å². The van der Waals surface area contributed by atoms with Gasteiger partial charge in [0, 0.05) is 23.0 Å². The second-order valence-corrected chi connectivity index (χ2v) is 3.60. The fourth-order valence-corrected chi connectivity index (χ4v) is 1.90. The van der Waals surface area contributed by atoms with E-state index in [0.717, 1.165) is 23.1 Å². The minimum Gasteiger partial charge on any atom is -0.358 e. The number of carbonyl (C=O) groups is 1. The second-order valence-electron chi connectivity index (χ2n) is 3.60. The number of hydrogen-bond acceptors (Lipinski definition) is 1. The van der Waals surface area contributed by atoms with Crippen molar-refractivity contribution in [1.29, 1.82) is 0 Å². The highest BCUT2D eigenvalue weighted by molar-refractivity contribution is 5.88. The number of hydrogen-bond donors (Lipinski definition) is 1. The van der Waals surface area contributed by atoms with Gasteiger partial charge in [0.1, 0.15) is 6.29 Å². The lowest BCUT2D eigenvalue weighted by atomic mass is 10.1. The summed E-state index contributed by atoms with van der Waals surface area (Å²) in [7, 11) is 0. The molecular formula is C12H13NO. The molecular weight excluding hydrogens is 174 g/mol. The Balaban J connectivity index is 2.76. The molecule has 2 rings (SSSR count). The Morgan fingerprint density at radius 2 is 2.14 bits per heavy atom. The molecule has 1 N–H and O–H groups in total. The van der Waals surface area contributed by atoms with E-state index >= 15 is 0 Å². The SMILES string of the molecule is Cc1[nH]c2c(C)cccc2c1CC=O. The molecule has 0 atom stereocenters. The molecule has 1 heterocycles. The highest BCUT2D eigenvalue weighted by atomic mass is 16.1. The van der Waals surface area contributed by atoms with Crippen molar-refractivity contribution in [3.63, 3.8) is 0 Å². The van der Waals surface area contributed by atoms with Gasteiger partial charge in [-0.2, -0.15) is 0 Å². The van der Waals surface area contributed by atoms with Crippen LogP contribution < -0.4 is 0 Å². The third-order valence-electron chi connectivity index (χ3n) is 2.65. The van der Waals surface area contributed by atoms with Crippen molar-refractivity contribution in [2.24, 2.45) is 0 Å². The van der Waals surface area contributed by atoms with E-state index in [1.54, 1.807) is 0 Å². The predicted molar refractivity (Wildman–Crippen MR) is 57.5 cm³/mol. The number of aromatic amines is 1. The molecule has 1 aromatic heterocycles. The Bertz CT molecular complexity index is 482. The summed E-state index contributed by atoms with van der Waals surface area (Å²) in [6, 6.07) is 6.16. The highest BCUT2D eigenvalue weighted by Crippen LogP contribution is 2.24. The number of rotatable bonds is 2. The molecule has 0 amide bonds. The van der Waals surface area contributed by atoms with Crippen molar-refractivity contribution < 1.29 is 4.79 Å². The summed E-state index contributed by atoms with van der Waals surface area (Å²) in [5.41, 5.74) is 4.60. The lowest BCUT2D eigenvalue weighted by molar-refractivity contribution is -0.107. The van der Waals surface area contributed by atoms with E-state index in [9.17, 15) is 4.79 Å². The van der Waals surface area contributed by atoms with E-state index in [1.807, 2.05) is 13.0 Å². The van der Waals surface area contributed by atoms with E-state index < -0.39 is 0 Å². The third-order valence-corrected chi connectivity index (χ3v) is 2.65. The van der Waals surface area contributed by atoms with E-state index in [2.05, 4.69) is 24.0 Å². The molecule has 0 aliphatic rings. The number of H-pyrrole nitrogens is 1. The third kappa shape index (κ3) is 1.23. The van der Waals surface area contributed by atoms with Gasteiger partial charge in [0.15, 0.2) is 0 Å². The van der Waals surface area contributed by atoms with Gasteiger partial charge in [-0.25, -0.2) is 0 Å². The van der Waals surface area contributed by atoms with Crippen molar-refractivity contribution in [1.82, 2.24) is 4.98 Å². The van der Waals surface area contributed by atoms with Crippen LogP contribution in [0.4, 0.5) is 0 Å². The standard InChI is InChI=1S/C12H13NO/c1-8-4-3-5-11-10(6-7-14)9(2)13-12(8)11/h3-5,7,13H,6H2,1-2H3. The van der Waals surface area contributed by atoms with Crippen LogP contribution in [0.3, 0.4) is 0 Å². The van der Waals surface area contributed by atoms with Crippen LogP contribution >= 0.6 is 0 Å². The smallest absolute Gasteiger partial charge is 0.124 e. The first-order valence-electron chi connectivity index (χ1n) is 4.74. The van der Waals surface area contributed by atoms with Crippen molar-refractivity contribution >= 4 is 17.2 Å². The molecule has 2 aromatic rings. The van der Waals surface area contributed by atoms with Crippen LogP contribution in [0.2, 0.25) is 0 Å². The number of fused-ring (bicyclic) bond motifs is 1. The van der Waals surface area contributed by atoms with E-state index in [-0.39, 0.29) is 0 Å². The van der Waals surface area contributed by atoms with Crippen LogP contribution in [0, 0.1) is 13.8 Å². The summed E-state index contributed by atoms with van der Waals surface area (Å²) >= 11 is 0. The molecule has 0 radical (unpaired) electrons. The monoisotopic (exact) mass is 187 g/mol. The normalized spacial score (nSPS) is 10.7. The summed E-state index contributed by atoms with van der Waals surface area (Å²) in [5.74, 6) is 0. The lowest BCUT2D eigenvalue weighted by Crippen LogP contribution is -1.86. The fourth-order valence-electron chi connectivity index (χ4n) is 1.90. The predicted octanol–water partition coefficient (Wildman–Crippen LogP) is 2.53. The minimum absolute atomic E-state index is 0.495. The Morgan fingerprint density at radius 3 is 2.86 bits per heavy atom. The molecule has 14 heavy (non-hydrogen) atoms. The molecule has 0 saturated heterocycles. The van der Waals surface area contributed by atoms with E-state index in [1.165, 1.54) is 10.9 Å². The van der Waals surface area contributed by atoms with Crippen LogP contribution in [-0.4, -0.2) is 11.3 Å². The van der Waals surface area contributed by atoms with Crippen molar-refractivity contribution in [2.45, 2.75) is 20.3 Å². The summed E-state index contributed by atoms with van der Waals surface area (Å²) in [6.07, 6.45) is 1.45. The van der Waals surface area contributed by atoms with Gasteiger partial charge < -0.3 is 9.78 Å². The maximum atomic E-state index is 10.5. The molecule has 0 unspecified atom stereocenters. The van der Waals surface area contributed by atoms with Gasteiger partial charge in [0.2, 0.25) is 0 Å². The maximum Gasteiger partial charge on any atom is 0.124 e. The van der Waals surface area contributed by atoms with Crippen LogP contribution in [0.25, 0.3) is 10.9 Å². The number of aryl methyl sites for hydroxylation is 2. The Hall–Kier alpha value is -1.57. The average Bonchev–Trinajstić information content (AvgIpc) is 2.47. The van der Waals surface area contributed by atoms with Crippen LogP contribution in [0.5, 0.6) is 0 Å². The first-order chi connectivity index (χ1) is 6.74. The van der Waals surface area contributed by atoms with Gasteiger partial charge in [-0.15, -0.1) is 0 Å². The summed E-state index contributed by atoms with van der Waals surface area (Å²) in [5, 5.41) is 1.18. The summed E-state index contributed by atoms with van der Waals surface area (Å²) < 4.78 is 0. The molecule has 0 fully saturated rings. The van der Waals surface area contributed by atoms with E-state index in [4.69, 9.17) is 0 Å². The molecule has 2 nitrogen and oxygen atoms in total. The largest absolute Gasteiger partial charge is 0.358 e. The zero-order valence-corrected chi connectivity index (χ0v) is 8.42. The number of aldehydes is 1. The molecule has 1 aromatic carbocycles. The van der Waals surface area contributed by atoms with Gasteiger partial charge >= 0.3 is 0 Å². The topological polar surface area (TPSA) is 32.9 Å². The number of benzene rings is 1. The number of aromatic nitrogens is 1. The molecule has 0 bridgehead atoms. The van der Waals surface area contributed by atoms with Crippen molar-refractivity contribution in [3.8, 4) is 0 Å². The van der Waals surface area contributed by atoms with Crippen molar-refractivity contribution in [3.05, 3.63) is 35.0 Å². The summed E-state index contributed by atoms with van der Waals surface area (Å²) in [4.78, 5) is 13.9. The second kappa shape index (κ2) is 3.29. The molecule has 0 aliphatic carbocycles. The molecule has 0 aliphatic heterocycles. The molecule has 72 valence electrons. The minimum atomic E-state index is 0.495. The van der Waals surface area contributed by atoms with Crippen LogP contribution in [0.15, 0.2) is 18.2 Å². The first kappa shape index (κ1) is 9.00. The number of para-hydroxylation sites is 1. The highest BCUT2D eigenvalue weighted by Gasteiger charge is 2.08.